The molecule has 58 valence electrons. The van der Waals surface area contributed by atoms with Gasteiger partial charge in [0.25, 0.3) is 6.43 Å². The lowest BCUT2D eigenvalue weighted by atomic mass is 10.3. The van der Waals surface area contributed by atoms with Crippen molar-refractivity contribution in [2.75, 3.05) is 13.1 Å². The van der Waals surface area contributed by atoms with Crippen molar-refractivity contribution in [3.8, 4) is 12.3 Å². The largest absolute Gasteiger partial charge is 0.311 e. The number of rotatable bonds is 5. The maximum atomic E-state index is 11.4. The van der Waals surface area contributed by atoms with Crippen molar-refractivity contribution in [3.63, 3.8) is 0 Å². The van der Waals surface area contributed by atoms with Crippen molar-refractivity contribution < 1.29 is 8.78 Å². The minimum absolute atomic E-state index is 0.232. The van der Waals surface area contributed by atoms with E-state index in [9.17, 15) is 8.78 Å². The van der Waals surface area contributed by atoms with Crippen LogP contribution in [0.4, 0.5) is 8.78 Å². The first kappa shape index (κ1) is 9.38. The standard InChI is InChI=1S/C7H11F2N/c1-2-3-4-5-10-6-7(8)9/h1,7,10H,3-6H2. The Bertz CT molecular complexity index is 107. The highest BCUT2D eigenvalue weighted by Gasteiger charge is 1.98. The molecule has 0 amide bonds. The summed E-state index contributed by atoms with van der Waals surface area (Å²) in [6.07, 6.45) is 4.10. The highest BCUT2D eigenvalue weighted by Crippen LogP contribution is 1.88. The van der Waals surface area contributed by atoms with Crippen LogP contribution in [0.3, 0.4) is 0 Å². The van der Waals surface area contributed by atoms with Gasteiger partial charge >= 0.3 is 0 Å². The van der Waals surface area contributed by atoms with Gasteiger partial charge in [0, 0.05) is 6.42 Å². The van der Waals surface area contributed by atoms with E-state index in [1.54, 1.807) is 0 Å². The lowest BCUT2D eigenvalue weighted by Gasteiger charge is -2.00. The second-order valence-electron chi connectivity index (χ2n) is 1.90. The van der Waals surface area contributed by atoms with Gasteiger partial charge in [-0.15, -0.1) is 12.3 Å². The second kappa shape index (κ2) is 6.50. The molecule has 0 aliphatic rings. The van der Waals surface area contributed by atoms with E-state index in [4.69, 9.17) is 6.42 Å². The average Bonchev–Trinajstić information content (AvgIpc) is 1.87. The number of terminal acetylenes is 1. The zero-order valence-electron chi connectivity index (χ0n) is 5.74. The van der Waals surface area contributed by atoms with Crippen LogP contribution in [0, 0.1) is 12.3 Å². The Morgan fingerprint density at radius 2 is 2.20 bits per heavy atom. The van der Waals surface area contributed by atoms with Gasteiger partial charge in [0.15, 0.2) is 0 Å². The smallest absolute Gasteiger partial charge is 0.250 e. The molecule has 0 aliphatic heterocycles. The molecule has 1 nitrogen and oxygen atoms in total. The van der Waals surface area contributed by atoms with Gasteiger partial charge in [-0.1, -0.05) is 0 Å². The second-order valence-corrected chi connectivity index (χ2v) is 1.90. The normalized spacial score (nSPS) is 9.80. The molecule has 0 bridgehead atoms. The van der Waals surface area contributed by atoms with Crippen molar-refractivity contribution in [1.82, 2.24) is 5.32 Å². The topological polar surface area (TPSA) is 12.0 Å². The molecule has 0 radical (unpaired) electrons. The minimum atomic E-state index is -2.26. The quantitative estimate of drug-likeness (QED) is 0.456. The van der Waals surface area contributed by atoms with E-state index in [1.807, 2.05) is 0 Å². The molecule has 0 heterocycles. The van der Waals surface area contributed by atoms with Crippen molar-refractivity contribution in [2.45, 2.75) is 19.3 Å². The number of hydrogen-bond donors (Lipinski definition) is 1. The SMILES string of the molecule is C#CCCCNCC(F)F. The number of unbranched alkanes of at least 4 members (excludes halogenated alkanes) is 1. The Morgan fingerprint density at radius 1 is 1.50 bits per heavy atom. The fourth-order valence-electron chi connectivity index (χ4n) is 0.527. The predicted octanol–water partition coefficient (Wildman–Crippen LogP) is 1.25. The molecule has 1 N–H and O–H groups in total. The summed E-state index contributed by atoms with van der Waals surface area (Å²) < 4.78 is 22.9. The molecule has 0 saturated carbocycles. The Balaban J connectivity index is 2.86. The van der Waals surface area contributed by atoms with E-state index >= 15 is 0 Å². The Labute approximate surface area is 59.8 Å². The summed E-state index contributed by atoms with van der Waals surface area (Å²) in [6, 6.07) is 0. The van der Waals surface area contributed by atoms with Gasteiger partial charge in [-0.2, -0.15) is 0 Å². The van der Waals surface area contributed by atoms with Gasteiger partial charge in [-0.3, -0.25) is 0 Å². The number of nitrogens with one attached hydrogen (secondary N) is 1. The molecule has 10 heavy (non-hydrogen) atoms. The highest BCUT2D eigenvalue weighted by molar-refractivity contribution is 4.83. The summed E-state index contributed by atoms with van der Waals surface area (Å²) in [4.78, 5) is 0. The zero-order valence-corrected chi connectivity index (χ0v) is 5.74. The fraction of sp³-hybridized carbons (Fsp3) is 0.714. The minimum Gasteiger partial charge on any atom is -0.311 e. The monoisotopic (exact) mass is 147 g/mol. The van der Waals surface area contributed by atoms with Crippen LogP contribution in [-0.4, -0.2) is 19.5 Å². The third-order valence-electron chi connectivity index (χ3n) is 0.973. The first-order valence-electron chi connectivity index (χ1n) is 3.19. The molecule has 0 aromatic heterocycles. The van der Waals surface area contributed by atoms with E-state index in [-0.39, 0.29) is 6.54 Å². The highest BCUT2D eigenvalue weighted by atomic mass is 19.3. The first-order chi connectivity index (χ1) is 4.77. The molecular weight excluding hydrogens is 136 g/mol. The van der Waals surface area contributed by atoms with Gasteiger partial charge < -0.3 is 5.32 Å². The number of alkyl halides is 2. The molecule has 0 aliphatic carbocycles. The van der Waals surface area contributed by atoms with Crippen molar-refractivity contribution >= 4 is 0 Å². The maximum Gasteiger partial charge on any atom is 0.250 e. The summed E-state index contributed by atoms with van der Waals surface area (Å²) in [5.41, 5.74) is 0. The summed E-state index contributed by atoms with van der Waals surface area (Å²) in [7, 11) is 0. The van der Waals surface area contributed by atoms with Crippen LogP contribution in [0.15, 0.2) is 0 Å². The van der Waals surface area contributed by atoms with E-state index in [1.165, 1.54) is 0 Å². The molecule has 0 spiro atoms. The van der Waals surface area contributed by atoms with Gasteiger partial charge in [0.2, 0.25) is 0 Å². The Kier molecular flexibility index (Phi) is 6.10. The van der Waals surface area contributed by atoms with Gasteiger partial charge in [0.05, 0.1) is 6.54 Å². The molecule has 0 atom stereocenters. The van der Waals surface area contributed by atoms with Gasteiger partial charge in [-0.25, -0.2) is 8.78 Å². The number of hydrogen-bond acceptors (Lipinski definition) is 1. The average molecular weight is 147 g/mol. The van der Waals surface area contributed by atoms with E-state index in [2.05, 4.69) is 11.2 Å². The van der Waals surface area contributed by atoms with Crippen LogP contribution >= 0.6 is 0 Å². The summed E-state index contributed by atoms with van der Waals surface area (Å²) in [5.74, 6) is 2.43. The van der Waals surface area contributed by atoms with Crippen LogP contribution in [0.5, 0.6) is 0 Å². The zero-order chi connectivity index (χ0) is 7.82. The Hall–Kier alpha value is -0.620. The Morgan fingerprint density at radius 3 is 2.70 bits per heavy atom. The van der Waals surface area contributed by atoms with E-state index in [0.717, 1.165) is 6.42 Å². The van der Waals surface area contributed by atoms with Crippen LogP contribution in [0.2, 0.25) is 0 Å². The maximum absolute atomic E-state index is 11.4. The van der Waals surface area contributed by atoms with Crippen molar-refractivity contribution in [1.29, 1.82) is 0 Å². The fourth-order valence-corrected chi connectivity index (χ4v) is 0.527. The molecular formula is C7H11F2N. The third kappa shape index (κ3) is 7.38. The first-order valence-corrected chi connectivity index (χ1v) is 3.19. The summed E-state index contributed by atoms with van der Waals surface area (Å²) in [6.45, 7) is 0.346. The van der Waals surface area contributed by atoms with Crippen molar-refractivity contribution in [2.24, 2.45) is 0 Å². The van der Waals surface area contributed by atoms with E-state index in [0.29, 0.717) is 13.0 Å². The van der Waals surface area contributed by atoms with Crippen LogP contribution in [-0.2, 0) is 0 Å². The molecule has 0 fully saturated rings. The lowest BCUT2D eigenvalue weighted by Crippen LogP contribution is -2.22. The lowest BCUT2D eigenvalue weighted by molar-refractivity contribution is 0.146. The van der Waals surface area contributed by atoms with Crippen LogP contribution in [0.1, 0.15) is 12.8 Å². The molecule has 0 rings (SSSR count). The van der Waals surface area contributed by atoms with Gasteiger partial charge in [0.1, 0.15) is 0 Å². The van der Waals surface area contributed by atoms with Gasteiger partial charge in [-0.05, 0) is 13.0 Å². The number of halogens is 2. The molecule has 0 saturated heterocycles. The van der Waals surface area contributed by atoms with Crippen LogP contribution < -0.4 is 5.32 Å². The molecule has 3 heteroatoms. The predicted molar refractivity (Wildman–Crippen MR) is 36.9 cm³/mol. The summed E-state index contributed by atoms with van der Waals surface area (Å²) in [5, 5.41) is 2.57. The third-order valence-corrected chi connectivity index (χ3v) is 0.973. The van der Waals surface area contributed by atoms with Crippen molar-refractivity contribution in [3.05, 3.63) is 0 Å². The summed E-state index contributed by atoms with van der Waals surface area (Å²) >= 11 is 0. The van der Waals surface area contributed by atoms with E-state index < -0.39 is 6.43 Å². The molecule has 0 aromatic carbocycles. The molecule has 0 aromatic rings. The van der Waals surface area contributed by atoms with Crippen LogP contribution in [0.25, 0.3) is 0 Å². The molecule has 0 unspecified atom stereocenters.